The Morgan fingerprint density at radius 1 is 1.50 bits per heavy atom. The highest BCUT2D eigenvalue weighted by molar-refractivity contribution is 5.05. The lowest BCUT2D eigenvalue weighted by Gasteiger charge is -2.13. The molecule has 86 valence electrons. The SMILES string of the molecule is Cc1noc(Cn2cc(C(C)(C)N)nn2)n1. The van der Waals surface area contributed by atoms with Crippen LogP contribution in [0.1, 0.15) is 31.3 Å². The number of aromatic nitrogens is 5. The molecule has 0 atom stereocenters. The van der Waals surface area contributed by atoms with Crippen LogP contribution in [0.25, 0.3) is 0 Å². The Bertz CT molecular complexity index is 480. The Kier molecular flexibility index (Phi) is 2.47. The van der Waals surface area contributed by atoms with Crippen molar-refractivity contribution < 1.29 is 4.52 Å². The molecule has 0 aliphatic heterocycles. The summed E-state index contributed by atoms with van der Waals surface area (Å²) in [5.41, 5.74) is 6.13. The second-order valence-electron chi connectivity index (χ2n) is 4.26. The van der Waals surface area contributed by atoms with Crippen molar-refractivity contribution in [3.63, 3.8) is 0 Å². The molecule has 0 amide bonds. The number of nitrogens with zero attached hydrogens (tertiary/aromatic N) is 5. The Morgan fingerprint density at radius 2 is 2.25 bits per heavy atom. The molecule has 2 heterocycles. The Labute approximate surface area is 92.6 Å². The highest BCUT2D eigenvalue weighted by Gasteiger charge is 2.18. The lowest BCUT2D eigenvalue weighted by atomic mass is 10.0. The molecule has 16 heavy (non-hydrogen) atoms. The zero-order chi connectivity index (χ0) is 11.8. The number of aryl methyl sites for hydroxylation is 1. The molecule has 0 saturated carbocycles. The number of hydrogen-bond donors (Lipinski definition) is 1. The highest BCUT2D eigenvalue weighted by atomic mass is 16.5. The Morgan fingerprint density at radius 3 is 2.75 bits per heavy atom. The van der Waals surface area contributed by atoms with Crippen LogP contribution in [0.4, 0.5) is 0 Å². The lowest BCUT2D eigenvalue weighted by molar-refractivity contribution is 0.361. The third-order valence-corrected chi connectivity index (χ3v) is 2.07. The first kappa shape index (κ1) is 10.7. The van der Waals surface area contributed by atoms with Crippen LogP contribution in [0.5, 0.6) is 0 Å². The predicted molar refractivity (Wildman–Crippen MR) is 55.4 cm³/mol. The van der Waals surface area contributed by atoms with E-state index in [4.69, 9.17) is 10.3 Å². The van der Waals surface area contributed by atoms with E-state index in [1.165, 1.54) is 0 Å². The lowest BCUT2D eigenvalue weighted by Crippen LogP contribution is -2.29. The zero-order valence-corrected chi connectivity index (χ0v) is 9.51. The minimum atomic E-state index is -0.497. The van der Waals surface area contributed by atoms with Crippen molar-refractivity contribution in [2.75, 3.05) is 0 Å². The van der Waals surface area contributed by atoms with Gasteiger partial charge in [0, 0.05) is 0 Å². The summed E-state index contributed by atoms with van der Waals surface area (Å²) in [5, 5.41) is 11.6. The van der Waals surface area contributed by atoms with Crippen LogP contribution >= 0.6 is 0 Å². The zero-order valence-electron chi connectivity index (χ0n) is 9.51. The smallest absolute Gasteiger partial charge is 0.248 e. The molecule has 2 aromatic rings. The Balaban J connectivity index is 2.14. The van der Waals surface area contributed by atoms with Crippen molar-refractivity contribution in [3.8, 4) is 0 Å². The molecule has 0 aromatic carbocycles. The first-order valence-electron chi connectivity index (χ1n) is 4.94. The molecule has 0 bridgehead atoms. The molecule has 7 nitrogen and oxygen atoms in total. The van der Waals surface area contributed by atoms with Gasteiger partial charge in [0.25, 0.3) is 0 Å². The normalized spacial score (nSPS) is 12.0. The summed E-state index contributed by atoms with van der Waals surface area (Å²) in [5.74, 6) is 1.11. The van der Waals surface area contributed by atoms with Crippen LogP contribution in [-0.2, 0) is 12.1 Å². The van der Waals surface area contributed by atoms with E-state index in [0.29, 0.717) is 18.3 Å². The molecular formula is C9H14N6O. The fourth-order valence-corrected chi connectivity index (χ4v) is 1.21. The van der Waals surface area contributed by atoms with Crippen molar-refractivity contribution >= 4 is 0 Å². The van der Waals surface area contributed by atoms with Crippen LogP contribution < -0.4 is 5.73 Å². The fourth-order valence-electron chi connectivity index (χ4n) is 1.21. The van der Waals surface area contributed by atoms with Crippen LogP contribution in [0.2, 0.25) is 0 Å². The topological polar surface area (TPSA) is 95.7 Å². The van der Waals surface area contributed by atoms with Crippen molar-refractivity contribution in [1.82, 2.24) is 25.1 Å². The third-order valence-electron chi connectivity index (χ3n) is 2.07. The number of hydrogen-bond acceptors (Lipinski definition) is 6. The standard InChI is InChI=1S/C9H14N6O/c1-6-11-8(16-13-6)5-15-4-7(12-14-15)9(2,3)10/h4H,5,10H2,1-3H3. The van der Waals surface area contributed by atoms with Gasteiger partial charge in [-0.1, -0.05) is 10.4 Å². The van der Waals surface area contributed by atoms with Crippen LogP contribution in [0.3, 0.4) is 0 Å². The summed E-state index contributed by atoms with van der Waals surface area (Å²) in [6.45, 7) is 5.92. The van der Waals surface area contributed by atoms with Crippen molar-refractivity contribution in [2.45, 2.75) is 32.9 Å². The second-order valence-corrected chi connectivity index (χ2v) is 4.26. The number of nitrogens with two attached hydrogens (primary N) is 1. The minimum absolute atomic E-state index is 0.407. The van der Waals surface area contributed by atoms with Gasteiger partial charge in [-0.25, -0.2) is 4.68 Å². The van der Waals surface area contributed by atoms with E-state index < -0.39 is 5.54 Å². The summed E-state index contributed by atoms with van der Waals surface area (Å²) in [6.07, 6.45) is 1.78. The quantitative estimate of drug-likeness (QED) is 0.797. The molecule has 0 radical (unpaired) electrons. The van der Waals surface area contributed by atoms with Crippen LogP contribution in [0, 0.1) is 6.92 Å². The van der Waals surface area contributed by atoms with E-state index in [0.717, 1.165) is 5.69 Å². The third kappa shape index (κ3) is 2.25. The molecule has 0 aliphatic carbocycles. The monoisotopic (exact) mass is 222 g/mol. The van der Waals surface area contributed by atoms with Crippen LogP contribution in [-0.4, -0.2) is 25.1 Å². The summed E-state index contributed by atoms with van der Waals surface area (Å²) in [7, 11) is 0. The molecule has 7 heteroatoms. The largest absolute Gasteiger partial charge is 0.337 e. The molecule has 0 unspecified atom stereocenters. The molecule has 0 fully saturated rings. The van der Waals surface area contributed by atoms with Crippen LogP contribution in [0.15, 0.2) is 10.7 Å². The predicted octanol–water partition coefficient (Wildman–Crippen LogP) is 0.212. The molecule has 2 N–H and O–H groups in total. The fraction of sp³-hybridized carbons (Fsp3) is 0.556. The Hall–Kier alpha value is -1.76. The molecule has 2 aromatic heterocycles. The van der Waals surface area contributed by atoms with E-state index in [9.17, 15) is 0 Å². The molecule has 2 rings (SSSR count). The van der Waals surface area contributed by atoms with Crippen molar-refractivity contribution in [2.24, 2.45) is 5.73 Å². The van der Waals surface area contributed by atoms with Gasteiger partial charge in [-0.3, -0.25) is 0 Å². The van der Waals surface area contributed by atoms with E-state index in [1.807, 2.05) is 13.8 Å². The summed E-state index contributed by atoms with van der Waals surface area (Å²) >= 11 is 0. The van der Waals surface area contributed by atoms with Gasteiger partial charge >= 0.3 is 0 Å². The average Bonchev–Trinajstić information content (AvgIpc) is 2.74. The van der Waals surface area contributed by atoms with Gasteiger partial charge in [-0.2, -0.15) is 4.98 Å². The van der Waals surface area contributed by atoms with Gasteiger partial charge in [0.05, 0.1) is 11.7 Å². The average molecular weight is 222 g/mol. The summed E-state index contributed by atoms with van der Waals surface area (Å²) < 4.78 is 6.60. The number of rotatable bonds is 3. The van der Waals surface area contributed by atoms with Gasteiger partial charge in [-0.15, -0.1) is 5.10 Å². The summed E-state index contributed by atoms with van der Waals surface area (Å²) in [4.78, 5) is 4.08. The van der Waals surface area contributed by atoms with Gasteiger partial charge in [0.1, 0.15) is 12.2 Å². The molecule has 0 saturated heterocycles. The maximum atomic E-state index is 5.90. The second kappa shape index (κ2) is 3.67. The molecule has 0 spiro atoms. The highest BCUT2D eigenvalue weighted by Crippen LogP contribution is 2.12. The van der Waals surface area contributed by atoms with E-state index >= 15 is 0 Å². The van der Waals surface area contributed by atoms with Gasteiger partial charge < -0.3 is 10.3 Å². The molecular weight excluding hydrogens is 208 g/mol. The minimum Gasteiger partial charge on any atom is -0.337 e. The summed E-state index contributed by atoms with van der Waals surface area (Å²) in [6, 6.07) is 0. The van der Waals surface area contributed by atoms with Crippen molar-refractivity contribution in [3.05, 3.63) is 23.6 Å². The maximum Gasteiger partial charge on any atom is 0.248 e. The van der Waals surface area contributed by atoms with Gasteiger partial charge in [0.2, 0.25) is 5.89 Å². The van der Waals surface area contributed by atoms with E-state index in [-0.39, 0.29) is 0 Å². The van der Waals surface area contributed by atoms with Gasteiger partial charge in [-0.05, 0) is 20.8 Å². The maximum absolute atomic E-state index is 5.90. The van der Waals surface area contributed by atoms with E-state index in [2.05, 4.69) is 20.5 Å². The van der Waals surface area contributed by atoms with Gasteiger partial charge in [0.15, 0.2) is 5.82 Å². The first-order valence-corrected chi connectivity index (χ1v) is 4.94. The van der Waals surface area contributed by atoms with Crippen molar-refractivity contribution in [1.29, 1.82) is 0 Å². The molecule has 0 aliphatic rings. The van der Waals surface area contributed by atoms with E-state index in [1.54, 1.807) is 17.8 Å². The first-order chi connectivity index (χ1) is 7.45.